The van der Waals surface area contributed by atoms with Gasteiger partial charge in [-0.2, -0.15) is 0 Å². The third kappa shape index (κ3) is 5.39. The molecule has 1 unspecified atom stereocenters. The lowest BCUT2D eigenvalue weighted by atomic mass is 10.3. The number of aliphatic hydroxyl groups excluding tert-OH is 1. The maximum absolute atomic E-state index is 9.61. The Hall–Kier alpha value is -0.780. The van der Waals surface area contributed by atoms with Gasteiger partial charge >= 0.3 is 0 Å². The molecule has 0 amide bonds. The lowest BCUT2D eigenvalue weighted by Gasteiger charge is -2.13. The molecule has 1 aromatic rings. The van der Waals surface area contributed by atoms with Crippen LogP contribution in [0.15, 0.2) is 22.7 Å². The second-order valence-corrected chi connectivity index (χ2v) is 4.49. The van der Waals surface area contributed by atoms with Gasteiger partial charge in [0, 0.05) is 29.4 Å². The summed E-state index contributed by atoms with van der Waals surface area (Å²) in [6.07, 6.45) is -0.514. The molecule has 0 aliphatic heterocycles. The van der Waals surface area contributed by atoms with Crippen LogP contribution in [0.4, 0.5) is 5.69 Å². The summed E-state index contributed by atoms with van der Waals surface area (Å²) < 4.78 is 11.2. The molecule has 0 saturated carbocycles. The fraction of sp³-hybridized carbons (Fsp3) is 0.500. The zero-order chi connectivity index (χ0) is 12.7. The van der Waals surface area contributed by atoms with E-state index in [0.717, 1.165) is 15.9 Å². The average molecular weight is 304 g/mol. The van der Waals surface area contributed by atoms with Crippen molar-refractivity contribution in [3.8, 4) is 5.75 Å². The van der Waals surface area contributed by atoms with E-state index in [0.29, 0.717) is 19.8 Å². The number of methoxy groups -OCH3 is 1. The zero-order valence-corrected chi connectivity index (χ0v) is 11.7. The molecule has 0 bridgehead atoms. The third-order valence-corrected chi connectivity index (χ3v) is 2.62. The highest BCUT2D eigenvalue weighted by Gasteiger charge is 2.05. The second kappa shape index (κ2) is 7.53. The predicted octanol–water partition coefficient (Wildman–Crippen LogP) is 2.27. The van der Waals surface area contributed by atoms with Gasteiger partial charge in [0.1, 0.15) is 5.75 Å². The minimum Gasteiger partial charge on any atom is -0.497 e. The van der Waals surface area contributed by atoms with E-state index in [-0.39, 0.29) is 0 Å². The Morgan fingerprint density at radius 3 is 2.82 bits per heavy atom. The molecule has 0 fully saturated rings. The number of halogens is 1. The Bertz CT molecular complexity index is 347. The molecule has 0 saturated heterocycles. The van der Waals surface area contributed by atoms with Crippen LogP contribution in [0.2, 0.25) is 0 Å². The van der Waals surface area contributed by atoms with Crippen molar-refractivity contribution >= 4 is 21.6 Å². The number of hydrogen-bond acceptors (Lipinski definition) is 4. The van der Waals surface area contributed by atoms with Crippen molar-refractivity contribution in [2.24, 2.45) is 0 Å². The van der Waals surface area contributed by atoms with E-state index in [1.807, 2.05) is 25.1 Å². The molecule has 4 nitrogen and oxygen atoms in total. The van der Waals surface area contributed by atoms with Crippen molar-refractivity contribution in [3.63, 3.8) is 0 Å². The molecule has 96 valence electrons. The molecule has 0 radical (unpaired) electrons. The van der Waals surface area contributed by atoms with E-state index in [4.69, 9.17) is 9.47 Å². The summed E-state index contributed by atoms with van der Waals surface area (Å²) in [6.45, 7) is 3.30. The van der Waals surface area contributed by atoms with Gasteiger partial charge in [0.25, 0.3) is 0 Å². The molecule has 1 aromatic carbocycles. The van der Waals surface area contributed by atoms with Gasteiger partial charge in [-0.25, -0.2) is 0 Å². The molecular formula is C12H18BrNO3. The van der Waals surface area contributed by atoms with Gasteiger partial charge in [-0.1, -0.05) is 15.9 Å². The fourth-order valence-electron chi connectivity index (χ4n) is 1.33. The van der Waals surface area contributed by atoms with E-state index < -0.39 is 6.10 Å². The first-order chi connectivity index (χ1) is 8.15. The molecule has 0 heterocycles. The Morgan fingerprint density at radius 2 is 2.18 bits per heavy atom. The summed E-state index contributed by atoms with van der Waals surface area (Å²) in [5.74, 6) is 0.765. The van der Waals surface area contributed by atoms with E-state index in [2.05, 4.69) is 21.2 Å². The summed E-state index contributed by atoms with van der Waals surface area (Å²) in [6, 6.07) is 5.68. The van der Waals surface area contributed by atoms with Crippen molar-refractivity contribution in [2.45, 2.75) is 13.0 Å². The largest absolute Gasteiger partial charge is 0.497 e. The van der Waals surface area contributed by atoms with E-state index >= 15 is 0 Å². The molecule has 2 N–H and O–H groups in total. The summed E-state index contributed by atoms with van der Waals surface area (Å²) in [5, 5.41) is 12.7. The normalized spacial score (nSPS) is 12.2. The molecule has 0 aliphatic rings. The molecule has 0 aromatic heterocycles. The summed E-state index contributed by atoms with van der Waals surface area (Å²) in [4.78, 5) is 0. The fourth-order valence-corrected chi connectivity index (χ4v) is 1.80. The van der Waals surface area contributed by atoms with Crippen LogP contribution in [0.1, 0.15) is 6.92 Å². The Balaban J connectivity index is 2.48. The smallest absolute Gasteiger partial charge is 0.122 e. The molecule has 17 heavy (non-hydrogen) atoms. The van der Waals surface area contributed by atoms with Crippen LogP contribution in [0.5, 0.6) is 5.75 Å². The van der Waals surface area contributed by atoms with Crippen LogP contribution in [0.25, 0.3) is 0 Å². The maximum Gasteiger partial charge on any atom is 0.122 e. The Kier molecular flexibility index (Phi) is 6.32. The quantitative estimate of drug-likeness (QED) is 0.811. The number of nitrogens with one attached hydrogen (secondary N) is 1. The topological polar surface area (TPSA) is 50.7 Å². The van der Waals surface area contributed by atoms with Crippen molar-refractivity contribution in [1.29, 1.82) is 0 Å². The van der Waals surface area contributed by atoms with Crippen LogP contribution in [-0.2, 0) is 4.74 Å². The standard InChI is InChI=1S/C12H18BrNO3/c1-3-17-8-11(15)7-14-10-4-9(13)5-12(6-10)16-2/h4-6,11,14-15H,3,7-8H2,1-2H3. The highest BCUT2D eigenvalue weighted by Crippen LogP contribution is 2.24. The number of ether oxygens (including phenoxy) is 2. The van der Waals surface area contributed by atoms with Crippen LogP contribution >= 0.6 is 15.9 Å². The highest BCUT2D eigenvalue weighted by atomic mass is 79.9. The summed E-state index contributed by atoms with van der Waals surface area (Å²) >= 11 is 3.40. The van der Waals surface area contributed by atoms with Crippen molar-refractivity contribution < 1.29 is 14.6 Å². The van der Waals surface area contributed by atoms with E-state index in [9.17, 15) is 5.11 Å². The number of hydrogen-bond donors (Lipinski definition) is 2. The molecule has 0 spiro atoms. The SMILES string of the molecule is CCOCC(O)CNc1cc(Br)cc(OC)c1. The van der Waals surface area contributed by atoms with Crippen molar-refractivity contribution in [1.82, 2.24) is 0 Å². The minimum atomic E-state index is -0.514. The predicted molar refractivity (Wildman–Crippen MR) is 71.7 cm³/mol. The van der Waals surface area contributed by atoms with Gasteiger partial charge in [-0.05, 0) is 19.1 Å². The van der Waals surface area contributed by atoms with Crippen molar-refractivity contribution in [2.75, 3.05) is 32.2 Å². The number of aliphatic hydroxyl groups is 1. The third-order valence-electron chi connectivity index (χ3n) is 2.16. The van der Waals surface area contributed by atoms with Crippen LogP contribution in [-0.4, -0.2) is 38.1 Å². The number of anilines is 1. The lowest BCUT2D eigenvalue weighted by Crippen LogP contribution is -2.24. The molecular weight excluding hydrogens is 286 g/mol. The van der Waals surface area contributed by atoms with Gasteiger partial charge in [0.15, 0.2) is 0 Å². The maximum atomic E-state index is 9.61. The van der Waals surface area contributed by atoms with Gasteiger partial charge in [0.2, 0.25) is 0 Å². The molecule has 1 rings (SSSR count). The monoisotopic (exact) mass is 303 g/mol. The van der Waals surface area contributed by atoms with Gasteiger partial charge in [-0.15, -0.1) is 0 Å². The van der Waals surface area contributed by atoms with Crippen LogP contribution in [0.3, 0.4) is 0 Å². The second-order valence-electron chi connectivity index (χ2n) is 3.57. The Labute approximate surface area is 110 Å². The zero-order valence-electron chi connectivity index (χ0n) is 10.1. The van der Waals surface area contributed by atoms with Crippen LogP contribution < -0.4 is 10.1 Å². The van der Waals surface area contributed by atoms with E-state index in [1.165, 1.54) is 0 Å². The van der Waals surface area contributed by atoms with Gasteiger partial charge in [-0.3, -0.25) is 0 Å². The number of rotatable bonds is 7. The van der Waals surface area contributed by atoms with Gasteiger partial charge in [0.05, 0.1) is 19.8 Å². The minimum absolute atomic E-state index is 0.342. The Morgan fingerprint density at radius 1 is 1.41 bits per heavy atom. The molecule has 5 heteroatoms. The van der Waals surface area contributed by atoms with Crippen molar-refractivity contribution in [3.05, 3.63) is 22.7 Å². The average Bonchev–Trinajstić information content (AvgIpc) is 2.33. The first kappa shape index (κ1) is 14.3. The van der Waals surface area contributed by atoms with E-state index in [1.54, 1.807) is 7.11 Å². The first-order valence-electron chi connectivity index (χ1n) is 5.50. The van der Waals surface area contributed by atoms with Crippen LogP contribution in [0, 0.1) is 0 Å². The molecule has 1 atom stereocenters. The highest BCUT2D eigenvalue weighted by molar-refractivity contribution is 9.10. The van der Waals surface area contributed by atoms with Gasteiger partial charge < -0.3 is 19.9 Å². The summed E-state index contributed by atoms with van der Waals surface area (Å²) in [5.41, 5.74) is 0.895. The first-order valence-corrected chi connectivity index (χ1v) is 6.29. The molecule has 0 aliphatic carbocycles. The number of benzene rings is 1. The lowest BCUT2D eigenvalue weighted by molar-refractivity contribution is 0.0496. The summed E-state index contributed by atoms with van der Waals surface area (Å²) in [7, 11) is 1.62.